The molecule has 0 N–H and O–H groups in total. The number of fused-ring (bicyclic) bond motifs is 1. The standard InChI is InChI=1S/C11H13NO.2C10H11NO/c1-4-12-5-2-9(1)11-3-6-13-8-10(11)7-11;2*1-5-11-6-2-9(1)10-3-7-12-8-4-10/h1-2,4-5,10H,3,6-8H2;2*1-3,5-6H,4,7-8H2. The highest BCUT2D eigenvalue weighted by molar-refractivity contribution is 5.66. The van der Waals surface area contributed by atoms with Gasteiger partial charge in [0, 0.05) is 49.2 Å². The molecule has 0 radical (unpaired) electrons. The summed E-state index contributed by atoms with van der Waals surface area (Å²) in [6, 6.07) is 12.5. The molecule has 0 bridgehead atoms. The van der Waals surface area contributed by atoms with Crippen LogP contribution in [0, 0.1) is 5.92 Å². The van der Waals surface area contributed by atoms with E-state index in [-0.39, 0.29) is 0 Å². The molecule has 3 aromatic rings. The number of rotatable bonds is 3. The van der Waals surface area contributed by atoms with Crippen molar-refractivity contribution in [2.75, 3.05) is 39.6 Å². The second-order valence-electron chi connectivity index (χ2n) is 9.70. The number of aromatic nitrogens is 3. The van der Waals surface area contributed by atoms with E-state index in [2.05, 4.69) is 39.2 Å². The minimum Gasteiger partial charge on any atom is -0.381 e. The minimum absolute atomic E-state index is 0.473. The Morgan fingerprint density at radius 1 is 0.622 bits per heavy atom. The monoisotopic (exact) mass is 497 g/mol. The number of hydrogen-bond donors (Lipinski definition) is 0. The van der Waals surface area contributed by atoms with Crippen molar-refractivity contribution in [1.29, 1.82) is 0 Å². The van der Waals surface area contributed by atoms with Gasteiger partial charge >= 0.3 is 0 Å². The van der Waals surface area contributed by atoms with Gasteiger partial charge in [-0.2, -0.15) is 0 Å². The first-order valence-corrected chi connectivity index (χ1v) is 13.2. The van der Waals surface area contributed by atoms with Crippen LogP contribution in [0.25, 0.3) is 11.1 Å². The van der Waals surface area contributed by atoms with Crippen LogP contribution < -0.4 is 0 Å². The Hall–Kier alpha value is -3.19. The predicted molar refractivity (Wildman–Crippen MR) is 145 cm³/mol. The Morgan fingerprint density at radius 2 is 1.14 bits per heavy atom. The fourth-order valence-corrected chi connectivity index (χ4v) is 5.28. The number of pyridine rings is 3. The molecule has 7 rings (SSSR count). The summed E-state index contributed by atoms with van der Waals surface area (Å²) in [5.41, 5.74) is 7.24. The Morgan fingerprint density at radius 3 is 1.59 bits per heavy atom. The highest BCUT2D eigenvalue weighted by Gasteiger charge is 2.56. The molecular formula is C31H35N3O3. The summed E-state index contributed by atoms with van der Waals surface area (Å²) in [6.07, 6.45) is 19.9. The van der Waals surface area contributed by atoms with E-state index in [4.69, 9.17) is 14.2 Å². The lowest BCUT2D eigenvalue weighted by Crippen LogP contribution is -2.21. The number of nitrogens with zero attached hydrogens (tertiary/aromatic N) is 3. The molecule has 0 amide bonds. The molecule has 3 aromatic heterocycles. The zero-order valence-electron chi connectivity index (χ0n) is 21.3. The summed E-state index contributed by atoms with van der Waals surface area (Å²) in [4.78, 5) is 12.0. The van der Waals surface area contributed by atoms with Crippen LogP contribution in [0.4, 0.5) is 0 Å². The molecule has 2 atom stereocenters. The third-order valence-corrected chi connectivity index (χ3v) is 7.53. The van der Waals surface area contributed by atoms with Crippen LogP contribution in [-0.2, 0) is 19.6 Å². The Labute approximate surface area is 219 Å². The summed E-state index contributed by atoms with van der Waals surface area (Å²) in [6.45, 7) is 5.07. The van der Waals surface area contributed by atoms with E-state index in [0.29, 0.717) is 5.41 Å². The maximum atomic E-state index is 5.45. The van der Waals surface area contributed by atoms with Crippen molar-refractivity contribution in [2.24, 2.45) is 5.92 Å². The van der Waals surface area contributed by atoms with Gasteiger partial charge in [-0.05, 0) is 95.8 Å². The molecular weight excluding hydrogens is 462 g/mol. The smallest absolute Gasteiger partial charge is 0.0653 e. The SMILES string of the molecule is C1=C(c2ccncc2)CCOC1.C1=C(c2ccncc2)CCOC1.c1cc(C23CCOCC2C3)ccn1. The van der Waals surface area contributed by atoms with E-state index in [1.807, 2.05) is 61.4 Å². The Balaban J connectivity index is 0.000000114. The van der Waals surface area contributed by atoms with Gasteiger partial charge in [0.15, 0.2) is 0 Å². The molecule has 2 fully saturated rings. The van der Waals surface area contributed by atoms with Crippen LogP contribution in [0.15, 0.2) is 85.7 Å². The molecule has 192 valence electrons. The second-order valence-corrected chi connectivity index (χ2v) is 9.70. The molecule has 4 aliphatic rings. The zero-order valence-corrected chi connectivity index (χ0v) is 21.3. The van der Waals surface area contributed by atoms with Gasteiger partial charge < -0.3 is 14.2 Å². The maximum absolute atomic E-state index is 5.45. The average molecular weight is 498 g/mol. The molecule has 37 heavy (non-hydrogen) atoms. The van der Waals surface area contributed by atoms with Crippen LogP contribution in [0.1, 0.15) is 42.4 Å². The highest BCUT2D eigenvalue weighted by atomic mass is 16.5. The van der Waals surface area contributed by atoms with Crippen LogP contribution >= 0.6 is 0 Å². The fourth-order valence-electron chi connectivity index (χ4n) is 5.28. The lowest BCUT2D eigenvalue weighted by atomic mass is 9.90. The van der Waals surface area contributed by atoms with Gasteiger partial charge in [-0.3, -0.25) is 15.0 Å². The van der Waals surface area contributed by atoms with Gasteiger partial charge in [-0.15, -0.1) is 0 Å². The van der Waals surface area contributed by atoms with Crippen LogP contribution in [0.2, 0.25) is 0 Å². The van der Waals surface area contributed by atoms with E-state index in [1.54, 1.807) is 0 Å². The first-order chi connectivity index (χ1) is 18.4. The van der Waals surface area contributed by atoms with Crippen molar-refractivity contribution in [3.63, 3.8) is 0 Å². The first-order valence-electron chi connectivity index (χ1n) is 13.2. The highest BCUT2D eigenvalue weighted by Crippen LogP contribution is 2.58. The zero-order chi connectivity index (χ0) is 25.2. The predicted octanol–water partition coefficient (Wildman–Crippen LogP) is 5.53. The molecule has 6 heterocycles. The third-order valence-electron chi connectivity index (χ3n) is 7.53. The molecule has 0 spiro atoms. The van der Waals surface area contributed by atoms with Crippen molar-refractivity contribution >= 4 is 11.1 Å². The van der Waals surface area contributed by atoms with E-state index < -0.39 is 0 Å². The molecule has 1 aliphatic carbocycles. The molecule has 2 unspecified atom stereocenters. The van der Waals surface area contributed by atoms with E-state index in [0.717, 1.165) is 58.4 Å². The summed E-state index contributed by atoms with van der Waals surface area (Å²) in [5.74, 6) is 0.781. The minimum atomic E-state index is 0.473. The number of ether oxygens (including phenoxy) is 3. The van der Waals surface area contributed by atoms with Crippen molar-refractivity contribution in [3.8, 4) is 0 Å². The van der Waals surface area contributed by atoms with E-state index >= 15 is 0 Å². The molecule has 0 aromatic carbocycles. The first kappa shape index (κ1) is 25.5. The Bertz CT molecular complexity index is 1110. The van der Waals surface area contributed by atoms with Crippen LogP contribution in [-0.4, -0.2) is 54.6 Å². The van der Waals surface area contributed by atoms with Gasteiger partial charge in [0.2, 0.25) is 0 Å². The van der Waals surface area contributed by atoms with Gasteiger partial charge in [0.25, 0.3) is 0 Å². The van der Waals surface area contributed by atoms with Crippen LogP contribution in [0.5, 0.6) is 0 Å². The molecule has 1 saturated heterocycles. The molecule has 6 nitrogen and oxygen atoms in total. The van der Waals surface area contributed by atoms with E-state index in [9.17, 15) is 0 Å². The van der Waals surface area contributed by atoms with Crippen molar-refractivity contribution < 1.29 is 14.2 Å². The average Bonchev–Trinajstić information content (AvgIpc) is 3.77. The van der Waals surface area contributed by atoms with Crippen LogP contribution in [0.3, 0.4) is 0 Å². The van der Waals surface area contributed by atoms with Gasteiger partial charge in [0.05, 0.1) is 33.0 Å². The lowest BCUT2D eigenvalue weighted by Gasteiger charge is -2.22. The normalized spacial score (nSPS) is 24.1. The lowest BCUT2D eigenvalue weighted by molar-refractivity contribution is 0.0802. The summed E-state index contributed by atoms with van der Waals surface area (Å²) < 4.78 is 15.9. The third kappa shape index (κ3) is 6.77. The van der Waals surface area contributed by atoms with Crippen molar-refractivity contribution in [1.82, 2.24) is 15.0 Å². The quantitative estimate of drug-likeness (QED) is 0.474. The second kappa shape index (κ2) is 12.9. The number of hydrogen-bond acceptors (Lipinski definition) is 6. The maximum Gasteiger partial charge on any atom is 0.0653 e. The summed E-state index contributed by atoms with van der Waals surface area (Å²) >= 11 is 0. The largest absolute Gasteiger partial charge is 0.381 e. The van der Waals surface area contributed by atoms with Crippen molar-refractivity contribution in [3.05, 3.63) is 102 Å². The topological polar surface area (TPSA) is 66.4 Å². The van der Waals surface area contributed by atoms with Crippen molar-refractivity contribution in [2.45, 2.75) is 31.1 Å². The fraction of sp³-hybridized carbons (Fsp3) is 0.387. The summed E-state index contributed by atoms with van der Waals surface area (Å²) in [5, 5.41) is 0. The summed E-state index contributed by atoms with van der Waals surface area (Å²) in [7, 11) is 0. The van der Waals surface area contributed by atoms with Gasteiger partial charge in [-0.1, -0.05) is 12.2 Å². The van der Waals surface area contributed by atoms with Gasteiger partial charge in [0.1, 0.15) is 0 Å². The molecule has 3 aliphatic heterocycles. The molecule has 6 heteroatoms. The van der Waals surface area contributed by atoms with E-state index in [1.165, 1.54) is 40.7 Å². The Kier molecular flexibility index (Phi) is 8.85. The molecule has 1 saturated carbocycles. The van der Waals surface area contributed by atoms with Gasteiger partial charge in [-0.25, -0.2) is 0 Å².